The van der Waals surface area contributed by atoms with Gasteiger partial charge in [0.1, 0.15) is 16.5 Å². The molecule has 0 radical (unpaired) electrons. The third-order valence-electron chi connectivity index (χ3n) is 2.48. The number of halogens is 3. The van der Waals surface area contributed by atoms with E-state index in [-0.39, 0.29) is 4.47 Å². The molecule has 1 aromatic rings. The predicted octanol–water partition coefficient (Wildman–Crippen LogP) is 0.374. The van der Waals surface area contributed by atoms with Crippen molar-refractivity contribution in [2.24, 2.45) is 0 Å². The molecule has 1 aliphatic heterocycles. The lowest BCUT2D eigenvalue weighted by Crippen LogP contribution is -2.53. The van der Waals surface area contributed by atoms with E-state index in [2.05, 4.69) is 15.9 Å². The van der Waals surface area contributed by atoms with Gasteiger partial charge in [-0.1, -0.05) is 0 Å². The molecule has 0 atom stereocenters. The number of carbonyl (C=O) groups is 2. The molecule has 2 rings (SSSR count). The molecule has 2 amide bonds. The van der Waals surface area contributed by atoms with Crippen molar-refractivity contribution in [3.8, 4) is 0 Å². The van der Waals surface area contributed by atoms with Crippen molar-refractivity contribution in [3.05, 3.63) is 28.2 Å². The number of nitrogens with one attached hydrogen (secondary N) is 1. The fourth-order valence-corrected chi connectivity index (χ4v) is 4.15. The molecule has 1 aromatic carbocycles. The van der Waals surface area contributed by atoms with Crippen molar-refractivity contribution in [1.29, 1.82) is 0 Å². The molecule has 1 heterocycles. The topological polar surface area (TPSA) is 83.6 Å². The van der Waals surface area contributed by atoms with E-state index < -0.39 is 51.5 Å². The van der Waals surface area contributed by atoms with Gasteiger partial charge >= 0.3 is 0 Å². The van der Waals surface area contributed by atoms with Crippen molar-refractivity contribution in [2.75, 3.05) is 13.1 Å². The Morgan fingerprint density at radius 1 is 1.15 bits per heavy atom. The number of imide groups is 1. The summed E-state index contributed by atoms with van der Waals surface area (Å²) in [7, 11) is -4.44. The molecule has 1 aliphatic rings. The number of amides is 2. The quantitative estimate of drug-likeness (QED) is 0.764. The van der Waals surface area contributed by atoms with Gasteiger partial charge in [0.2, 0.25) is 21.8 Å². The van der Waals surface area contributed by atoms with Gasteiger partial charge in [-0.05, 0) is 22.0 Å². The summed E-state index contributed by atoms with van der Waals surface area (Å²) in [6, 6.07) is 1.19. The van der Waals surface area contributed by atoms with E-state index in [1.165, 1.54) is 0 Å². The minimum Gasteiger partial charge on any atom is -0.294 e. The Morgan fingerprint density at radius 3 is 2.20 bits per heavy atom. The molecule has 20 heavy (non-hydrogen) atoms. The van der Waals surface area contributed by atoms with Gasteiger partial charge in [0.15, 0.2) is 0 Å². The van der Waals surface area contributed by atoms with Gasteiger partial charge in [0.25, 0.3) is 0 Å². The zero-order valence-corrected chi connectivity index (χ0v) is 12.1. The highest BCUT2D eigenvalue weighted by Crippen LogP contribution is 2.29. The molecule has 0 spiro atoms. The van der Waals surface area contributed by atoms with Gasteiger partial charge in [0.05, 0.1) is 13.1 Å². The first-order chi connectivity index (χ1) is 9.21. The Kier molecular flexibility index (Phi) is 3.89. The molecule has 0 unspecified atom stereocenters. The highest BCUT2D eigenvalue weighted by molar-refractivity contribution is 9.10. The van der Waals surface area contributed by atoms with Gasteiger partial charge in [-0.15, -0.1) is 0 Å². The van der Waals surface area contributed by atoms with Crippen LogP contribution in [-0.4, -0.2) is 37.6 Å². The first kappa shape index (κ1) is 15.0. The third kappa shape index (κ3) is 2.72. The summed E-state index contributed by atoms with van der Waals surface area (Å²) in [4.78, 5) is 21.5. The van der Waals surface area contributed by atoms with Crippen LogP contribution in [0.2, 0.25) is 0 Å². The smallest absolute Gasteiger partial charge is 0.248 e. The molecule has 0 bridgehead atoms. The highest BCUT2D eigenvalue weighted by atomic mass is 79.9. The van der Waals surface area contributed by atoms with Crippen LogP contribution in [0.4, 0.5) is 8.78 Å². The van der Waals surface area contributed by atoms with Gasteiger partial charge in [0, 0.05) is 10.5 Å². The van der Waals surface area contributed by atoms with E-state index in [4.69, 9.17) is 0 Å². The van der Waals surface area contributed by atoms with Gasteiger partial charge in [-0.3, -0.25) is 14.9 Å². The summed E-state index contributed by atoms with van der Waals surface area (Å²) in [5.41, 5.74) is 0. The Bertz CT molecular complexity index is 668. The number of carbonyl (C=O) groups excluding carboxylic acids is 2. The number of nitrogens with zero attached hydrogens (tertiary/aromatic N) is 1. The second kappa shape index (κ2) is 5.19. The summed E-state index contributed by atoms with van der Waals surface area (Å²) < 4.78 is 51.3. The maximum Gasteiger partial charge on any atom is 0.248 e. The van der Waals surface area contributed by atoms with E-state index >= 15 is 0 Å². The van der Waals surface area contributed by atoms with E-state index in [1.807, 2.05) is 5.32 Å². The Hall–Kier alpha value is -1.39. The van der Waals surface area contributed by atoms with Crippen molar-refractivity contribution in [2.45, 2.75) is 4.90 Å². The van der Waals surface area contributed by atoms with Crippen LogP contribution in [0.3, 0.4) is 0 Å². The van der Waals surface area contributed by atoms with Crippen LogP contribution in [0.5, 0.6) is 0 Å². The maximum atomic E-state index is 13.7. The van der Waals surface area contributed by atoms with E-state index in [1.54, 1.807) is 0 Å². The van der Waals surface area contributed by atoms with Crippen molar-refractivity contribution >= 4 is 37.8 Å². The zero-order valence-electron chi connectivity index (χ0n) is 9.69. The molecule has 1 fully saturated rings. The van der Waals surface area contributed by atoms with Gasteiger partial charge < -0.3 is 0 Å². The molecule has 1 saturated heterocycles. The Balaban J connectivity index is 2.51. The standard InChI is InChI=1S/C10H7BrF2N2O4S/c11-6-1-5(12)2-7(13)10(6)20(18,19)15-3-8(16)14-9(17)4-15/h1-2H,3-4H2,(H,14,16,17). The van der Waals surface area contributed by atoms with E-state index in [0.29, 0.717) is 10.4 Å². The number of hydrogen-bond donors (Lipinski definition) is 1. The normalized spacial score (nSPS) is 17.1. The molecule has 0 aromatic heterocycles. The van der Waals surface area contributed by atoms with Crippen LogP contribution in [0.1, 0.15) is 0 Å². The number of piperazine rings is 1. The highest BCUT2D eigenvalue weighted by Gasteiger charge is 2.36. The number of rotatable bonds is 2. The van der Waals surface area contributed by atoms with Crippen molar-refractivity contribution in [3.63, 3.8) is 0 Å². The monoisotopic (exact) mass is 368 g/mol. The third-order valence-corrected chi connectivity index (χ3v) is 5.24. The molecular formula is C10H7BrF2N2O4S. The average molecular weight is 369 g/mol. The first-order valence-electron chi connectivity index (χ1n) is 5.19. The van der Waals surface area contributed by atoms with E-state index in [9.17, 15) is 26.8 Å². The maximum absolute atomic E-state index is 13.7. The molecule has 0 aliphatic carbocycles. The molecule has 108 valence electrons. The summed E-state index contributed by atoms with van der Waals surface area (Å²) >= 11 is 2.76. The number of benzene rings is 1. The summed E-state index contributed by atoms with van der Waals surface area (Å²) in [5.74, 6) is -3.90. The molecule has 1 N–H and O–H groups in total. The van der Waals surface area contributed by atoms with Crippen LogP contribution in [0.25, 0.3) is 0 Å². The van der Waals surface area contributed by atoms with Crippen LogP contribution in [0.15, 0.2) is 21.5 Å². The minimum absolute atomic E-state index is 0.326. The lowest BCUT2D eigenvalue weighted by atomic mass is 10.3. The van der Waals surface area contributed by atoms with Crippen LogP contribution >= 0.6 is 15.9 Å². The average Bonchev–Trinajstić information content (AvgIpc) is 2.25. The van der Waals surface area contributed by atoms with Gasteiger partial charge in [-0.2, -0.15) is 4.31 Å². The van der Waals surface area contributed by atoms with Crippen LogP contribution in [-0.2, 0) is 19.6 Å². The molecular weight excluding hydrogens is 362 g/mol. The van der Waals surface area contributed by atoms with Gasteiger partial charge in [-0.25, -0.2) is 17.2 Å². The Morgan fingerprint density at radius 2 is 1.70 bits per heavy atom. The number of hydrogen-bond acceptors (Lipinski definition) is 4. The predicted molar refractivity (Wildman–Crippen MR) is 66.0 cm³/mol. The number of sulfonamides is 1. The lowest BCUT2D eigenvalue weighted by Gasteiger charge is -2.25. The SMILES string of the molecule is O=C1CN(S(=O)(=O)c2c(F)cc(F)cc2Br)CC(=O)N1. The van der Waals surface area contributed by atoms with Crippen molar-refractivity contribution < 1.29 is 26.8 Å². The van der Waals surface area contributed by atoms with Crippen LogP contribution < -0.4 is 5.32 Å². The fraction of sp³-hybridized carbons (Fsp3) is 0.200. The van der Waals surface area contributed by atoms with Crippen molar-refractivity contribution in [1.82, 2.24) is 9.62 Å². The Labute approximate surface area is 120 Å². The minimum atomic E-state index is -4.44. The molecule has 0 saturated carbocycles. The second-order valence-electron chi connectivity index (χ2n) is 3.94. The largest absolute Gasteiger partial charge is 0.294 e. The zero-order chi connectivity index (χ0) is 15.1. The van der Waals surface area contributed by atoms with E-state index in [0.717, 1.165) is 6.07 Å². The molecule has 10 heteroatoms. The summed E-state index contributed by atoms with van der Waals surface area (Å²) in [5, 5.41) is 1.92. The second-order valence-corrected chi connectivity index (χ2v) is 6.67. The van der Waals surface area contributed by atoms with Crippen LogP contribution in [0, 0.1) is 11.6 Å². The first-order valence-corrected chi connectivity index (χ1v) is 7.42. The molecule has 6 nitrogen and oxygen atoms in total. The lowest BCUT2D eigenvalue weighted by molar-refractivity contribution is -0.134. The summed E-state index contributed by atoms with van der Waals surface area (Å²) in [6.07, 6.45) is 0. The summed E-state index contributed by atoms with van der Waals surface area (Å²) in [6.45, 7) is -1.23. The fourth-order valence-electron chi connectivity index (χ4n) is 1.69.